The molecule has 0 amide bonds. The van der Waals surface area contributed by atoms with E-state index < -0.39 is 24.5 Å². The van der Waals surface area contributed by atoms with Gasteiger partial charge in [-0.3, -0.25) is 4.57 Å². The van der Waals surface area contributed by atoms with E-state index in [1.54, 1.807) is 17.0 Å². The highest BCUT2D eigenvalue weighted by Crippen LogP contribution is 2.33. The minimum atomic E-state index is -0.977. The van der Waals surface area contributed by atoms with Crippen LogP contribution in [0.2, 0.25) is 0 Å². The van der Waals surface area contributed by atoms with Gasteiger partial charge in [0.1, 0.15) is 30.2 Å². The Morgan fingerprint density at radius 1 is 1.36 bits per heavy atom. The first kappa shape index (κ1) is 17.9. The first-order valence-corrected chi connectivity index (χ1v) is 8.06. The second kappa shape index (κ2) is 7.98. The minimum Gasteiger partial charge on any atom is -0.394 e. The van der Waals surface area contributed by atoms with Gasteiger partial charge in [0, 0.05) is 0 Å². The van der Waals surface area contributed by atoms with Crippen molar-refractivity contribution in [1.29, 1.82) is 0 Å². The molecule has 1 aliphatic rings. The maximum absolute atomic E-state index is 10.4. The fourth-order valence-electron chi connectivity index (χ4n) is 2.84. The largest absolute Gasteiger partial charge is 0.394 e. The quantitative estimate of drug-likeness (QED) is 0.504. The highest BCUT2D eigenvalue weighted by molar-refractivity contribution is 5.72. The van der Waals surface area contributed by atoms with Crippen LogP contribution in [0.15, 0.2) is 25.3 Å². The van der Waals surface area contributed by atoms with Crippen LogP contribution in [0.3, 0.4) is 0 Å². The Bertz CT molecular complexity index is 722. The van der Waals surface area contributed by atoms with Gasteiger partial charge in [0.15, 0.2) is 11.9 Å². The Balaban J connectivity index is 1.81. The number of fused-ring (bicyclic) bond motifs is 1. The Kier molecular flexibility index (Phi) is 5.71. The predicted octanol–water partition coefficient (Wildman–Crippen LogP) is -0.0269. The zero-order valence-electron chi connectivity index (χ0n) is 14.0. The van der Waals surface area contributed by atoms with Crippen LogP contribution < -0.4 is 0 Å². The lowest BCUT2D eigenvalue weighted by molar-refractivity contribution is -0.0800. The number of hydrogen-bond acceptors (Lipinski definition) is 8. The molecule has 1 fully saturated rings. The lowest BCUT2D eigenvalue weighted by Gasteiger charge is -2.22. The summed E-state index contributed by atoms with van der Waals surface area (Å²) in [6.07, 6.45) is 1.61. The lowest BCUT2D eigenvalue weighted by atomic mass is 10.1. The molecule has 4 unspecified atom stereocenters. The molecule has 1 saturated heterocycles. The first-order valence-electron chi connectivity index (χ1n) is 8.06. The monoisotopic (exact) mass is 350 g/mol. The minimum absolute atomic E-state index is 0.272. The number of hydrogen-bond donors (Lipinski definition) is 2. The number of aromatic nitrogens is 4. The van der Waals surface area contributed by atoms with Crippen molar-refractivity contribution in [3.63, 3.8) is 0 Å². The van der Waals surface area contributed by atoms with Crippen LogP contribution in [0.4, 0.5) is 0 Å². The van der Waals surface area contributed by atoms with Crippen LogP contribution in [-0.4, -0.2) is 74.5 Å². The molecular weight excluding hydrogens is 328 g/mol. The van der Waals surface area contributed by atoms with Gasteiger partial charge < -0.3 is 24.4 Å². The molecule has 2 aromatic heterocycles. The Hall–Kier alpha value is -1.91. The summed E-state index contributed by atoms with van der Waals surface area (Å²) in [6.45, 7) is 6.16. The van der Waals surface area contributed by atoms with Crippen LogP contribution in [0.5, 0.6) is 0 Å². The van der Waals surface area contributed by atoms with Crippen LogP contribution in [0.1, 0.15) is 11.9 Å². The van der Waals surface area contributed by atoms with E-state index in [9.17, 15) is 10.2 Å². The van der Waals surface area contributed by atoms with Crippen LogP contribution in [0, 0.1) is 6.92 Å². The van der Waals surface area contributed by atoms with Crippen molar-refractivity contribution in [2.45, 2.75) is 31.5 Å². The highest BCUT2D eigenvalue weighted by Gasteiger charge is 2.45. The average Bonchev–Trinajstić information content (AvgIpc) is 3.17. The Morgan fingerprint density at radius 2 is 2.20 bits per heavy atom. The molecule has 136 valence electrons. The van der Waals surface area contributed by atoms with Gasteiger partial charge in [0.05, 0.1) is 38.4 Å². The zero-order valence-corrected chi connectivity index (χ0v) is 14.0. The van der Waals surface area contributed by atoms with Crippen LogP contribution in [0.25, 0.3) is 11.2 Å². The molecule has 25 heavy (non-hydrogen) atoms. The fourth-order valence-corrected chi connectivity index (χ4v) is 2.84. The second-order valence-corrected chi connectivity index (χ2v) is 5.72. The van der Waals surface area contributed by atoms with Gasteiger partial charge in [-0.05, 0) is 6.92 Å². The summed E-state index contributed by atoms with van der Waals surface area (Å²) < 4.78 is 18.5. The van der Waals surface area contributed by atoms with Crippen LogP contribution >= 0.6 is 0 Å². The summed E-state index contributed by atoms with van der Waals surface area (Å²) in [5, 5.41) is 19.9. The summed E-state index contributed by atoms with van der Waals surface area (Å²) in [5.41, 5.74) is 1.98. The van der Waals surface area contributed by atoms with E-state index in [2.05, 4.69) is 21.5 Å². The molecule has 0 aliphatic carbocycles. The summed E-state index contributed by atoms with van der Waals surface area (Å²) in [4.78, 5) is 12.7. The molecule has 4 atom stereocenters. The van der Waals surface area contributed by atoms with Gasteiger partial charge in [-0.1, -0.05) is 6.08 Å². The maximum atomic E-state index is 10.4. The van der Waals surface area contributed by atoms with E-state index in [1.165, 1.54) is 6.33 Å². The number of aryl methyl sites for hydroxylation is 1. The van der Waals surface area contributed by atoms with Gasteiger partial charge in [-0.15, -0.1) is 6.58 Å². The molecule has 1 aliphatic heterocycles. The normalized spacial score (nSPS) is 26.4. The first-order chi connectivity index (χ1) is 12.2. The van der Waals surface area contributed by atoms with Crippen molar-refractivity contribution in [3.8, 4) is 0 Å². The maximum Gasteiger partial charge on any atom is 0.166 e. The van der Waals surface area contributed by atoms with Gasteiger partial charge >= 0.3 is 0 Å². The van der Waals surface area contributed by atoms with Crippen molar-refractivity contribution in [2.24, 2.45) is 0 Å². The molecule has 3 heterocycles. The molecule has 0 radical (unpaired) electrons. The molecule has 0 aromatic carbocycles. The molecule has 0 saturated carbocycles. The summed E-state index contributed by atoms with van der Waals surface area (Å²) in [5.74, 6) is 0. The van der Waals surface area contributed by atoms with Crippen molar-refractivity contribution in [1.82, 2.24) is 19.5 Å². The Labute approximate surface area is 144 Å². The third kappa shape index (κ3) is 3.55. The molecule has 2 aromatic rings. The molecule has 3 rings (SSSR count). The van der Waals surface area contributed by atoms with Crippen molar-refractivity contribution in [2.75, 3.05) is 26.4 Å². The number of nitrogens with zero attached hydrogens (tertiary/aromatic N) is 4. The van der Waals surface area contributed by atoms with Gasteiger partial charge in [-0.2, -0.15) is 0 Å². The highest BCUT2D eigenvalue weighted by atomic mass is 16.6. The summed E-state index contributed by atoms with van der Waals surface area (Å²) in [7, 11) is 0. The van der Waals surface area contributed by atoms with Crippen molar-refractivity contribution in [3.05, 3.63) is 31.0 Å². The zero-order chi connectivity index (χ0) is 17.8. The number of rotatable bonds is 8. The molecule has 9 nitrogen and oxygen atoms in total. The fraction of sp³-hybridized carbons (Fsp3) is 0.562. The lowest BCUT2D eigenvalue weighted by Crippen LogP contribution is -2.36. The standard InChI is InChI=1S/C16H22N4O5/c1-3-4-23-5-6-24-14-13(22)11(7-21)25-16(14)20-9-19-12-10(2)17-8-18-15(12)20/h3,8-9,11,13-14,16,21-22H,1,4-7H2,2H3. The van der Waals surface area contributed by atoms with Crippen molar-refractivity contribution < 1.29 is 24.4 Å². The van der Waals surface area contributed by atoms with Gasteiger partial charge in [-0.25, -0.2) is 15.0 Å². The van der Waals surface area contributed by atoms with E-state index in [1.807, 2.05) is 6.92 Å². The molecule has 2 N–H and O–H groups in total. The van der Waals surface area contributed by atoms with Crippen molar-refractivity contribution >= 4 is 11.2 Å². The number of aliphatic hydroxyl groups excluding tert-OH is 2. The smallest absolute Gasteiger partial charge is 0.166 e. The van der Waals surface area contributed by atoms with E-state index in [4.69, 9.17) is 14.2 Å². The summed E-state index contributed by atoms with van der Waals surface area (Å²) in [6, 6.07) is 0. The van der Waals surface area contributed by atoms with Gasteiger partial charge in [0.2, 0.25) is 0 Å². The number of aliphatic hydroxyl groups is 2. The third-order valence-electron chi connectivity index (χ3n) is 4.08. The van der Waals surface area contributed by atoms with E-state index in [-0.39, 0.29) is 13.2 Å². The average molecular weight is 350 g/mol. The molecule has 0 spiro atoms. The van der Waals surface area contributed by atoms with E-state index in [0.717, 1.165) is 5.69 Å². The number of ether oxygens (including phenoxy) is 3. The van der Waals surface area contributed by atoms with Gasteiger partial charge in [0.25, 0.3) is 0 Å². The molecule has 9 heteroatoms. The van der Waals surface area contributed by atoms with E-state index >= 15 is 0 Å². The third-order valence-corrected chi connectivity index (χ3v) is 4.08. The SMILES string of the molecule is C=CCOCCOC1C(O)C(CO)OC1n1cnc2c(C)ncnc21. The predicted molar refractivity (Wildman–Crippen MR) is 87.8 cm³/mol. The van der Waals surface area contributed by atoms with E-state index in [0.29, 0.717) is 24.4 Å². The topological polar surface area (TPSA) is 112 Å². The summed E-state index contributed by atoms with van der Waals surface area (Å²) >= 11 is 0. The molecular formula is C16H22N4O5. The Morgan fingerprint density at radius 3 is 2.96 bits per heavy atom. The van der Waals surface area contributed by atoms with Crippen LogP contribution in [-0.2, 0) is 14.2 Å². The number of imidazole rings is 1. The second-order valence-electron chi connectivity index (χ2n) is 5.72. The molecule has 0 bridgehead atoms.